The lowest BCUT2D eigenvalue weighted by Crippen LogP contribution is -2.24. The van der Waals surface area contributed by atoms with Crippen molar-refractivity contribution in [2.75, 3.05) is 36.0 Å². The molecule has 0 radical (unpaired) electrons. The summed E-state index contributed by atoms with van der Waals surface area (Å²) in [6.45, 7) is 16.9. The van der Waals surface area contributed by atoms with Gasteiger partial charge in [-0.05, 0) is 58.0 Å². The minimum atomic E-state index is 1.00. The third-order valence-electron chi connectivity index (χ3n) is 5.05. The highest BCUT2D eigenvalue weighted by atomic mass is 15.1. The van der Waals surface area contributed by atoms with Gasteiger partial charge in [0.05, 0.1) is 11.2 Å². The predicted molar refractivity (Wildman–Crippen MR) is 126 cm³/mol. The number of nitrogens with zero attached hydrogens (tertiary/aromatic N) is 3. The summed E-state index contributed by atoms with van der Waals surface area (Å²) in [6.07, 6.45) is 0. The van der Waals surface area contributed by atoms with Gasteiger partial charge in [0.25, 0.3) is 0 Å². The van der Waals surface area contributed by atoms with Crippen LogP contribution >= 0.6 is 0 Å². The minimum Gasteiger partial charge on any atom is -0.372 e. The molecule has 0 atom stereocenters. The highest BCUT2D eigenvalue weighted by molar-refractivity contribution is 5.83. The van der Waals surface area contributed by atoms with Crippen LogP contribution in [0, 0.1) is 0 Å². The molecule has 1 heterocycles. The fourth-order valence-electron chi connectivity index (χ4n) is 3.51. The van der Waals surface area contributed by atoms with Crippen LogP contribution < -0.4 is 9.80 Å². The molecule has 0 fully saturated rings. The molecule has 0 amide bonds. The van der Waals surface area contributed by atoms with E-state index in [0.29, 0.717) is 0 Å². The van der Waals surface area contributed by atoms with Gasteiger partial charge in [0.2, 0.25) is 0 Å². The van der Waals surface area contributed by atoms with Crippen LogP contribution in [0.2, 0.25) is 0 Å². The van der Waals surface area contributed by atoms with Crippen molar-refractivity contribution in [3.8, 4) is 11.3 Å². The van der Waals surface area contributed by atoms with Crippen molar-refractivity contribution in [2.24, 2.45) is 0 Å². The SMILES string of the molecule is CC.CCN(CC)c1cc(-c2ccc3ccccc3n2)cc(N(CC)CC)c1. The number of anilines is 2. The van der Waals surface area contributed by atoms with Gasteiger partial charge in [0, 0.05) is 48.5 Å². The van der Waals surface area contributed by atoms with Gasteiger partial charge in [0.15, 0.2) is 0 Å². The van der Waals surface area contributed by atoms with Crippen molar-refractivity contribution in [3.05, 3.63) is 54.6 Å². The number of rotatable bonds is 7. The molecule has 150 valence electrons. The van der Waals surface area contributed by atoms with Crippen LogP contribution in [-0.2, 0) is 0 Å². The van der Waals surface area contributed by atoms with Gasteiger partial charge in [-0.3, -0.25) is 0 Å². The number of aromatic nitrogens is 1. The summed E-state index contributed by atoms with van der Waals surface area (Å²) in [4.78, 5) is 9.71. The molecule has 0 aliphatic carbocycles. The zero-order valence-corrected chi connectivity index (χ0v) is 18.4. The molecule has 3 heteroatoms. The maximum Gasteiger partial charge on any atom is 0.0711 e. The summed E-state index contributed by atoms with van der Waals surface area (Å²) >= 11 is 0. The lowest BCUT2D eigenvalue weighted by atomic mass is 10.1. The van der Waals surface area contributed by atoms with Crippen LogP contribution in [0.15, 0.2) is 54.6 Å². The van der Waals surface area contributed by atoms with E-state index >= 15 is 0 Å². The average Bonchev–Trinajstić information content (AvgIpc) is 2.76. The Kier molecular flexibility index (Phi) is 8.31. The molecule has 2 aromatic carbocycles. The topological polar surface area (TPSA) is 19.4 Å². The van der Waals surface area contributed by atoms with Crippen LogP contribution in [0.5, 0.6) is 0 Å². The van der Waals surface area contributed by atoms with Crippen LogP contribution in [0.25, 0.3) is 22.2 Å². The fourth-order valence-corrected chi connectivity index (χ4v) is 3.51. The molecule has 0 unspecified atom stereocenters. The normalized spacial score (nSPS) is 10.4. The van der Waals surface area contributed by atoms with E-state index in [-0.39, 0.29) is 0 Å². The highest BCUT2D eigenvalue weighted by Gasteiger charge is 2.12. The Hall–Kier alpha value is -2.55. The summed E-state index contributed by atoms with van der Waals surface area (Å²) in [5.41, 5.74) is 5.80. The lowest BCUT2D eigenvalue weighted by molar-refractivity contribution is 0.852. The Morgan fingerprint density at radius 3 is 1.75 bits per heavy atom. The van der Waals surface area contributed by atoms with Gasteiger partial charge in [-0.25, -0.2) is 4.98 Å². The largest absolute Gasteiger partial charge is 0.372 e. The molecule has 0 bridgehead atoms. The summed E-state index contributed by atoms with van der Waals surface area (Å²) in [6, 6.07) is 19.5. The van der Waals surface area contributed by atoms with E-state index in [1.165, 1.54) is 22.3 Å². The zero-order chi connectivity index (χ0) is 20.5. The van der Waals surface area contributed by atoms with E-state index in [4.69, 9.17) is 4.98 Å². The molecule has 0 saturated carbocycles. The van der Waals surface area contributed by atoms with Gasteiger partial charge >= 0.3 is 0 Å². The smallest absolute Gasteiger partial charge is 0.0711 e. The minimum absolute atomic E-state index is 1.00. The Balaban J connectivity index is 0.00000136. The summed E-state index contributed by atoms with van der Waals surface area (Å²) in [5.74, 6) is 0. The molecular weight excluding hydrogens is 342 g/mol. The zero-order valence-electron chi connectivity index (χ0n) is 18.4. The van der Waals surface area contributed by atoms with Crippen LogP contribution in [-0.4, -0.2) is 31.2 Å². The molecule has 0 aliphatic heterocycles. The molecular formula is C25H35N3. The van der Waals surface area contributed by atoms with Gasteiger partial charge in [0.1, 0.15) is 0 Å². The number of para-hydroxylation sites is 1. The molecule has 0 N–H and O–H groups in total. The average molecular weight is 378 g/mol. The molecule has 3 rings (SSSR count). The third-order valence-corrected chi connectivity index (χ3v) is 5.05. The fraction of sp³-hybridized carbons (Fsp3) is 0.400. The second-order valence-electron chi connectivity index (χ2n) is 6.47. The second-order valence-corrected chi connectivity index (χ2v) is 6.47. The van der Waals surface area contributed by atoms with Gasteiger partial charge in [-0.1, -0.05) is 38.1 Å². The summed E-state index contributed by atoms with van der Waals surface area (Å²) in [7, 11) is 0. The number of hydrogen-bond donors (Lipinski definition) is 0. The van der Waals surface area contributed by atoms with Crippen molar-refractivity contribution in [2.45, 2.75) is 41.5 Å². The van der Waals surface area contributed by atoms with E-state index in [1.807, 2.05) is 19.9 Å². The molecule has 0 spiro atoms. The quantitative estimate of drug-likeness (QED) is 0.461. The monoisotopic (exact) mass is 377 g/mol. The van der Waals surface area contributed by atoms with E-state index in [1.54, 1.807) is 0 Å². The van der Waals surface area contributed by atoms with Crippen LogP contribution in [0.1, 0.15) is 41.5 Å². The lowest BCUT2D eigenvalue weighted by Gasteiger charge is -2.27. The van der Waals surface area contributed by atoms with Crippen molar-refractivity contribution in [1.82, 2.24) is 4.98 Å². The molecule has 3 nitrogen and oxygen atoms in total. The number of benzene rings is 2. The first-order chi connectivity index (χ1) is 13.7. The predicted octanol–water partition coefficient (Wildman–Crippen LogP) is 6.62. The van der Waals surface area contributed by atoms with Gasteiger partial charge < -0.3 is 9.80 Å². The summed E-state index contributed by atoms with van der Waals surface area (Å²) < 4.78 is 0. The first-order valence-electron chi connectivity index (χ1n) is 10.7. The van der Waals surface area contributed by atoms with Crippen molar-refractivity contribution in [3.63, 3.8) is 0 Å². The van der Waals surface area contributed by atoms with Gasteiger partial charge in [-0.15, -0.1) is 0 Å². The Morgan fingerprint density at radius 1 is 0.679 bits per heavy atom. The standard InChI is InChI=1S/C23H29N3.C2H6/c1-5-25(6-2)20-15-19(16-21(17-20)26(7-3)8-4)23-14-13-18-11-9-10-12-22(18)24-23;1-2/h9-17H,5-8H2,1-4H3;1-2H3. The van der Waals surface area contributed by atoms with Crippen LogP contribution in [0.4, 0.5) is 11.4 Å². The molecule has 0 aliphatic rings. The van der Waals surface area contributed by atoms with Gasteiger partial charge in [-0.2, -0.15) is 0 Å². The third kappa shape index (κ3) is 4.83. The van der Waals surface area contributed by atoms with E-state index in [0.717, 1.165) is 37.4 Å². The van der Waals surface area contributed by atoms with E-state index < -0.39 is 0 Å². The highest BCUT2D eigenvalue weighted by Crippen LogP contribution is 2.31. The first kappa shape index (κ1) is 21.7. The Bertz CT molecular complexity index is 834. The molecule has 0 saturated heterocycles. The molecule has 1 aromatic heterocycles. The van der Waals surface area contributed by atoms with Crippen LogP contribution in [0.3, 0.4) is 0 Å². The number of fused-ring (bicyclic) bond motifs is 1. The second kappa shape index (κ2) is 10.7. The molecule has 28 heavy (non-hydrogen) atoms. The number of pyridine rings is 1. The Morgan fingerprint density at radius 2 is 1.21 bits per heavy atom. The summed E-state index contributed by atoms with van der Waals surface area (Å²) in [5, 5.41) is 1.18. The first-order valence-corrected chi connectivity index (χ1v) is 10.7. The maximum atomic E-state index is 4.91. The number of hydrogen-bond acceptors (Lipinski definition) is 3. The van der Waals surface area contributed by atoms with Crippen molar-refractivity contribution >= 4 is 22.3 Å². The molecule has 3 aromatic rings. The Labute approximate surface area is 171 Å². The van der Waals surface area contributed by atoms with E-state index in [2.05, 4.69) is 86.0 Å². The van der Waals surface area contributed by atoms with E-state index in [9.17, 15) is 0 Å². The van der Waals surface area contributed by atoms with Crippen molar-refractivity contribution in [1.29, 1.82) is 0 Å². The van der Waals surface area contributed by atoms with Crippen molar-refractivity contribution < 1.29 is 0 Å². The maximum absolute atomic E-state index is 4.91.